The summed E-state index contributed by atoms with van der Waals surface area (Å²) < 4.78 is 0.849. The van der Waals surface area contributed by atoms with E-state index in [1.807, 2.05) is 38.1 Å². The molecule has 0 bridgehead atoms. The van der Waals surface area contributed by atoms with Crippen LogP contribution >= 0.6 is 27.5 Å². The van der Waals surface area contributed by atoms with E-state index in [4.69, 9.17) is 11.6 Å². The van der Waals surface area contributed by atoms with E-state index in [1.165, 1.54) is 5.56 Å². The van der Waals surface area contributed by atoms with E-state index < -0.39 is 0 Å². The van der Waals surface area contributed by atoms with Crippen LogP contribution in [-0.2, 0) is 6.54 Å². The van der Waals surface area contributed by atoms with Gasteiger partial charge >= 0.3 is 0 Å². The highest BCUT2D eigenvalue weighted by molar-refractivity contribution is 9.10. The zero-order valence-corrected chi connectivity index (χ0v) is 14.4. The first kappa shape index (κ1) is 16.1. The zero-order valence-electron chi connectivity index (χ0n) is 12.1. The van der Waals surface area contributed by atoms with Gasteiger partial charge in [-0.3, -0.25) is 4.79 Å². The molecule has 0 N–H and O–H groups in total. The Morgan fingerprint density at radius 2 is 2.00 bits per heavy atom. The lowest BCUT2D eigenvalue weighted by Gasteiger charge is -2.22. The molecule has 0 spiro atoms. The van der Waals surface area contributed by atoms with Crippen molar-refractivity contribution in [2.24, 2.45) is 0 Å². The molecule has 1 amide bonds. The molecule has 4 heteroatoms. The van der Waals surface area contributed by atoms with Crippen LogP contribution < -0.4 is 0 Å². The van der Waals surface area contributed by atoms with Crippen molar-refractivity contribution in [2.75, 3.05) is 6.54 Å². The molecule has 0 aliphatic rings. The minimum Gasteiger partial charge on any atom is -0.335 e. The maximum absolute atomic E-state index is 12.7. The highest BCUT2D eigenvalue weighted by atomic mass is 79.9. The van der Waals surface area contributed by atoms with Gasteiger partial charge in [0.2, 0.25) is 0 Å². The van der Waals surface area contributed by atoms with Gasteiger partial charge in [0.25, 0.3) is 5.91 Å². The van der Waals surface area contributed by atoms with Crippen molar-refractivity contribution in [2.45, 2.75) is 20.4 Å². The zero-order chi connectivity index (χ0) is 15.4. The Balaban J connectivity index is 2.24. The van der Waals surface area contributed by atoms with E-state index >= 15 is 0 Å². The van der Waals surface area contributed by atoms with E-state index in [2.05, 4.69) is 22.0 Å². The molecule has 0 saturated heterocycles. The standard InChI is InChI=1S/C17H17BrClNO/c1-3-20(11-13-6-4-5-12(2)9-13)17(21)15-10-14(18)7-8-16(15)19/h4-10H,3,11H2,1-2H3. The summed E-state index contributed by atoms with van der Waals surface area (Å²) in [5.41, 5.74) is 2.84. The monoisotopic (exact) mass is 365 g/mol. The lowest BCUT2D eigenvalue weighted by Crippen LogP contribution is -2.30. The van der Waals surface area contributed by atoms with Crippen molar-refractivity contribution in [3.05, 3.63) is 68.7 Å². The van der Waals surface area contributed by atoms with Gasteiger partial charge < -0.3 is 4.90 Å². The second kappa shape index (κ2) is 7.10. The van der Waals surface area contributed by atoms with Crippen molar-refractivity contribution in [1.29, 1.82) is 0 Å². The SMILES string of the molecule is CCN(Cc1cccc(C)c1)C(=O)c1cc(Br)ccc1Cl. The first-order chi connectivity index (χ1) is 10.0. The Hall–Kier alpha value is -1.32. The van der Waals surface area contributed by atoms with Crippen molar-refractivity contribution in [3.63, 3.8) is 0 Å². The second-order valence-electron chi connectivity index (χ2n) is 4.93. The van der Waals surface area contributed by atoms with Crippen molar-refractivity contribution in [3.8, 4) is 0 Å². The van der Waals surface area contributed by atoms with Crippen LogP contribution in [0.1, 0.15) is 28.4 Å². The number of rotatable bonds is 4. The molecule has 0 saturated carbocycles. The fourth-order valence-corrected chi connectivity index (χ4v) is 2.75. The number of benzene rings is 2. The Morgan fingerprint density at radius 1 is 1.24 bits per heavy atom. The number of carbonyl (C=O) groups is 1. The summed E-state index contributed by atoms with van der Waals surface area (Å²) in [7, 11) is 0. The summed E-state index contributed by atoms with van der Waals surface area (Å²) in [6.07, 6.45) is 0. The number of hydrogen-bond donors (Lipinski definition) is 0. The maximum atomic E-state index is 12.7. The van der Waals surface area contributed by atoms with E-state index in [0.717, 1.165) is 10.0 Å². The predicted molar refractivity (Wildman–Crippen MR) is 90.7 cm³/mol. The van der Waals surface area contributed by atoms with Crippen LogP contribution in [0, 0.1) is 6.92 Å². The molecule has 2 rings (SSSR count). The summed E-state index contributed by atoms with van der Waals surface area (Å²) in [6.45, 7) is 5.24. The summed E-state index contributed by atoms with van der Waals surface area (Å²) in [5.74, 6) is -0.0506. The van der Waals surface area contributed by atoms with Gasteiger partial charge in [-0.15, -0.1) is 0 Å². The average Bonchev–Trinajstić information content (AvgIpc) is 2.46. The molecular weight excluding hydrogens is 350 g/mol. The van der Waals surface area contributed by atoms with Gasteiger partial charge in [0.1, 0.15) is 0 Å². The van der Waals surface area contributed by atoms with Gasteiger partial charge in [-0.1, -0.05) is 57.4 Å². The minimum atomic E-state index is -0.0506. The van der Waals surface area contributed by atoms with Gasteiger partial charge in [0.05, 0.1) is 10.6 Å². The van der Waals surface area contributed by atoms with E-state index in [9.17, 15) is 4.79 Å². The number of amides is 1. The van der Waals surface area contributed by atoms with Crippen LogP contribution in [0.3, 0.4) is 0 Å². The summed E-state index contributed by atoms with van der Waals surface area (Å²) in [6, 6.07) is 13.5. The van der Waals surface area contributed by atoms with Crippen LogP contribution in [0.25, 0.3) is 0 Å². The van der Waals surface area contributed by atoms with Crippen LogP contribution in [0.4, 0.5) is 0 Å². The normalized spacial score (nSPS) is 10.5. The van der Waals surface area contributed by atoms with Gasteiger partial charge in [-0.25, -0.2) is 0 Å². The molecule has 2 nitrogen and oxygen atoms in total. The lowest BCUT2D eigenvalue weighted by atomic mass is 10.1. The molecule has 0 heterocycles. The largest absolute Gasteiger partial charge is 0.335 e. The number of carbonyl (C=O) groups excluding carboxylic acids is 1. The summed E-state index contributed by atoms with van der Waals surface area (Å²) in [5, 5.41) is 0.478. The molecule has 0 aliphatic heterocycles. The second-order valence-corrected chi connectivity index (χ2v) is 6.26. The van der Waals surface area contributed by atoms with E-state index in [-0.39, 0.29) is 5.91 Å². The Morgan fingerprint density at radius 3 is 2.67 bits per heavy atom. The third kappa shape index (κ3) is 4.08. The summed E-state index contributed by atoms with van der Waals surface area (Å²) in [4.78, 5) is 14.5. The highest BCUT2D eigenvalue weighted by Gasteiger charge is 2.17. The van der Waals surface area contributed by atoms with E-state index in [1.54, 1.807) is 17.0 Å². The quantitative estimate of drug-likeness (QED) is 0.739. The fraction of sp³-hybridized carbons (Fsp3) is 0.235. The Labute approximate surface area is 138 Å². The van der Waals surface area contributed by atoms with Crippen LogP contribution in [-0.4, -0.2) is 17.4 Å². The summed E-state index contributed by atoms with van der Waals surface area (Å²) >= 11 is 9.53. The van der Waals surface area contributed by atoms with Crippen LogP contribution in [0.5, 0.6) is 0 Å². The third-order valence-electron chi connectivity index (χ3n) is 3.28. The fourth-order valence-electron chi connectivity index (χ4n) is 2.19. The van der Waals surface area contributed by atoms with Crippen molar-refractivity contribution < 1.29 is 4.79 Å². The third-order valence-corrected chi connectivity index (χ3v) is 4.11. The number of nitrogens with zero attached hydrogens (tertiary/aromatic N) is 1. The topological polar surface area (TPSA) is 20.3 Å². The van der Waals surface area contributed by atoms with Crippen molar-refractivity contribution in [1.82, 2.24) is 4.90 Å². The Bertz CT molecular complexity index is 657. The first-order valence-electron chi connectivity index (χ1n) is 6.81. The predicted octanol–water partition coefficient (Wildman–Crippen LogP) is 5.07. The molecule has 0 unspecified atom stereocenters. The molecular formula is C17H17BrClNO. The lowest BCUT2D eigenvalue weighted by molar-refractivity contribution is 0.0752. The minimum absolute atomic E-state index is 0.0506. The van der Waals surface area contributed by atoms with Gasteiger partial charge in [-0.2, -0.15) is 0 Å². The molecule has 0 atom stereocenters. The molecule has 0 fully saturated rings. The highest BCUT2D eigenvalue weighted by Crippen LogP contribution is 2.23. The molecule has 110 valence electrons. The molecule has 0 aromatic heterocycles. The molecule has 2 aromatic rings. The molecule has 0 radical (unpaired) electrons. The number of hydrogen-bond acceptors (Lipinski definition) is 1. The van der Waals surface area contributed by atoms with Gasteiger partial charge in [0.15, 0.2) is 0 Å². The van der Waals surface area contributed by atoms with Gasteiger partial charge in [-0.05, 0) is 37.6 Å². The Kier molecular flexibility index (Phi) is 5.43. The van der Waals surface area contributed by atoms with Gasteiger partial charge in [0, 0.05) is 17.6 Å². The first-order valence-corrected chi connectivity index (χ1v) is 7.98. The van der Waals surface area contributed by atoms with Crippen LogP contribution in [0.2, 0.25) is 5.02 Å². The number of halogens is 2. The molecule has 0 aliphatic carbocycles. The number of aryl methyl sites for hydroxylation is 1. The maximum Gasteiger partial charge on any atom is 0.255 e. The smallest absolute Gasteiger partial charge is 0.255 e. The van der Waals surface area contributed by atoms with Crippen LogP contribution in [0.15, 0.2) is 46.9 Å². The van der Waals surface area contributed by atoms with E-state index in [0.29, 0.717) is 23.7 Å². The molecule has 21 heavy (non-hydrogen) atoms. The van der Waals surface area contributed by atoms with Crippen molar-refractivity contribution >= 4 is 33.4 Å². The molecule has 2 aromatic carbocycles. The average molecular weight is 367 g/mol.